The molecule has 0 radical (unpaired) electrons. The molecule has 5 rings (SSSR count). The lowest BCUT2D eigenvalue weighted by atomic mass is 10.1. The molecule has 0 unspecified atom stereocenters. The standard InChI is InChI=1S/C22H19N3O2S/c1-14-17-11-20(21(26)23-18-13-27-19-10-6-5-9-16(18)19)28-22(17)25(24-14)12-15-7-3-2-4-8-15/h2-11,18H,12-13H2,1H3,(H,23,26)/t18-/m0/s1. The number of carbonyl (C=O) groups is 1. The van der Waals surface area contributed by atoms with Gasteiger partial charge in [-0.05, 0) is 24.6 Å². The number of hydrogen-bond donors (Lipinski definition) is 1. The van der Waals surface area contributed by atoms with Crippen molar-refractivity contribution in [3.63, 3.8) is 0 Å². The van der Waals surface area contributed by atoms with E-state index in [1.54, 1.807) is 0 Å². The Labute approximate surface area is 166 Å². The second-order valence-electron chi connectivity index (χ2n) is 6.93. The number of ether oxygens (including phenoxy) is 1. The number of hydrogen-bond acceptors (Lipinski definition) is 4. The van der Waals surface area contributed by atoms with Crippen LogP contribution in [0.1, 0.15) is 32.5 Å². The third-order valence-electron chi connectivity index (χ3n) is 5.01. The summed E-state index contributed by atoms with van der Waals surface area (Å²) in [7, 11) is 0. The smallest absolute Gasteiger partial charge is 0.262 e. The highest BCUT2D eigenvalue weighted by molar-refractivity contribution is 7.20. The van der Waals surface area contributed by atoms with Crippen LogP contribution >= 0.6 is 11.3 Å². The number of aromatic nitrogens is 2. The van der Waals surface area contributed by atoms with Crippen molar-refractivity contribution in [2.45, 2.75) is 19.5 Å². The number of nitrogens with one attached hydrogen (secondary N) is 1. The number of aryl methyl sites for hydroxylation is 1. The molecule has 1 N–H and O–H groups in total. The summed E-state index contributed by atoms with van der Waals surface area (Å²) in [6.07, 6.45) is 0. The SMILES string of the molecule is Cc1nn(Cc2ccccc2)c2sc(C(=O)N[C@H]3COc4ccccc43)cc12. The van der Waals surface area contributed by atoms with Crippen molar-refractivity contribution in [1.29, 1.82) is 0 Å². The van der Waals surface area contributed by atoms with E-state index >= 15 is 0 Å². The summed E-state index contributed by atoms with van der Waals surface area (Å²) in [6.45, 7) is 3.15. The molecule has 28 heavy (non-hydrogen) atoms. The Morgan fingerprint density at radius 1 is 1.21 bits per heavy atom. The van der Waals surface area contributed by atoms with Crippen molar-refractivity contribution in [3.8, 4) is 5.75 Å². The highest BCUT2D eigenvalue weighted by atomic mass is 32.1. The molecular weight excluding hydrogens is 370 g/mol. The molecule has 1 atom stereocenters. The summed E-state index contributed by atoms with van der Waals surface area (Å²) in [6, 6.07) is 19.9. The first-order valence-electron chi connectivity index (χ1n) is 9.22. The molecule has 2 aromatic carbocycles. The third-order valence-corrected chi connectivity index (χ3v) is 6.16. The van der Waals surface area contributed by atoms with Crippen LogP contribution in [0.2, 0.25) is 0 Å². The molecule has 4 aromatic rings. The Morgan fingerprint density at radius 3 is 2.86 bits per heavy atom. The van der Waals surface area contributed by atoms with Crippen molar-refractivity contribution in [3.05, 3.63) is 82.4 Å². The highest BCUT2D eigenvalue weighted by Crippen LogP contribution is 2.33. The fourth-order valence-corrected chi connectivity index (χ4v) is 4.66. The van der Waals surface area contributed by atoms with Crippen molar-refractivity contribution >= 4 is 27.5 Å². The van der Waals surface area contributed by atoms with Gasteiger partial charge in [0.05, 0.1) is 23.2 Å². The zero-order valence-electron chi connectivity index (χ0n) is 15.4. The maximum absolute atomic E-state index is 12.9. The number of benzene rings is 2. The Hall–Kier alpha value is -3.12. The van der Waals surface area contributed by atoms with Crippen LogP contribution in [0.3, 0.4) is 0 Å². The van der Waals surface area contributed by atoms with E-state index in [2.05, 4.69) is 22.5 Å². The van der Waals surface area contributed by atoms with E-state index in [9.17, 15) is 4.79 Å². The molecule has 0 saturated heterocycles. The molecular formula is C22H19N3O2S. The minimum absolute atomic E-state index is 0.0721. The van der Waals surface area contributed by atoms with Gasteiger partial charge in [-0.15, -0.1) is 11.3 Å². The highest BCUT2D eigenvalue weighted by Gasteiger charge is 2.26. The number of fused-ring (bicyclic) bond motifs is 2. The summed E-state index contributed by atoms with van der Waals surface area (Å²) in [4.78, 5) is 14.6. The Balaban J connectivity index is 1.41. The summed E-state index contributed by atoms with van der Waals surface area (Å²) in [5, 5.41) is 8.80. The Kier molecular flexibility index (Phi) is 4.13. The number of rotatable bonds is 4. The summed E-state index contributed by atoms with van der Waals surface area (Å²) >= 11 is 1.48. The van der Waals surface area contributed by atoms with E-state index in [0.29, 0.717) is 18.0 Å². The van der Waals surface area contributed by atoms with Gasteiger partial charge in [-0.1, -0.05) is 48.5 Å². The fourth-order valence-electron chi connectivity index (χ4n) is 3.60. The fraction of sp³-hybridized carbons (Fsp3) is 0.182. The number of thiophene rings is 1. The quantitative estimate of drug-likeness (QED) is 0.566. The van der Waals surface area contributed by atoms with Crippen LogP contribution in [0.25, 0.3) is 10.2 Å². The van der Waals surface area contributed by atoms with Gasteiger partial charge in [-0.25, -0.2) is 0 Å². The minimum atomic E-state index is -0.115. The first kappa shape index (κ1) is 17.0. The van der Waals surface area contributed by atoms with Crippen LogP contribution in [0.5, 0.6) is 5.75 Å². The van der Waals surface area contributed by atoms with E-state index in [-0.39, 0.29) is 11.9 Å². The maximum Gasteiger partial charge on any atom is 0.262 e. The van der Waals surface area contributed by atoms with Crippen LogP contribution < -0.4 is 10.1 Å². The molecule has 0 aliphatic carbocycles. The average Bonchev–Trinajstić information content (AvgIpc) is 3.39. The second kappa shape index (κ2) is 6.80. The number of carbonyl (C=O) groups excluding carboxylic acids is 1. The topological polar surface area (TPSA) is 56.2 Å². The molecule has 3 heterocycles. The predicted octanol–water partition coefficient (Wildman–Crippen LogP) is 4.32. The van der Waals surface area contributed by atoms with E-state index in [1.807, 2.05) is 60.1 Å². The first-order valence-corrected chi connectivity index (χ1v) is 10.0. The van der Waals surface area contributed by atoms with Crippen molar-refractivity contribution in [2.24, 2.45) is 0 Å². The molecule has 1 aliphatic rings. The Morgan fingerprint density at radius 2 is 2.00 bits per heavy atom. The van der Waals surface area contributed by atoms with E-state index in [0.717, 1.165) is 27.2 Å². The van der Waals surface area contributed by atoms with Gasteiger partial charge in [0.25, 0.3) is 5.91 Å². The number of nitrogens with zero attached hydrogens (tertiary/aromatic N) is 2. The van der Waals surface area contributed by atoms with Gasteiger partial charge < -0.3 is 10.1 Å². The number of para-hydroxylation sites is 1. The lowest BCUT2D eigenvalue weighted by molar-refractivity contribution is 0.0934. The molecule has 140 valence electrons. The summed E-state index contributed by atoms with van der Waals surface area (Å²) < 4.78 is 7.65. The minimum Gasteiger partial charge on any atom is -0.491 e. The molecule has 0 bridgehead atoms. The molecule has 6 heteroatoms. The molecule has 2 aromatic heterocycles. The normalized spacial score (nSPS) is 15.4. The predicted molar refractivity (Wildman–Crippen MR) is 110 cm³/mol. The van der Waals surface area contributed by atoms with Gasteiger partial charge in [0.15, 0.2) is 0 Å². The van der Waals surface area contributed by atoms with Crippen molar-refractivity contribution < 1.29 is 9.53 Å². The van der Waals surface area contributed by atoms with Gasteiger partial charge in [0, 0.05) is 10.9 Å². The zero-order chi connectivity index (χ0) is 19.1. The second-order valence-corrected chi connectivity index (χ2v) is 7.96. The molecule has 0 spiro atoms. The molecule has 1 aliphatic heterocycles. The van der Waals surface area contributed by atoms with Crippen molar-refractivity contribution in [1.82, 2.24) is 15.1 Å². The van der Waals surface area contributed by atoms with Crippen LogP contribution in [0, 0.1) is 6.92 Å². The van der Waals surface area contributed by atoms with Gasteiger partial charge >= 0.3 is 0 Å². The summed E-state index contributed by atoms with van der Waals surface area (Å²) in [5.74, 6) is 0.774. The molecule has 5 nitrogen and oxygen atoms in total. The van der Waals surface area contributed by atoms with Gasteiger partial charge in [0.1, 0.15) is 17.2 Å². The van der Waals surface area contributed by atoms with Gasteiger partial charge in [-0.2, -0.15) is 5.10 Å². The van der Waals surface area contributed by atoms with Gasteiger partial charge in [-0.3, -0.25) is 9.48 Å². The van der Waals surface area contributed by atoms with Crippen LogP contribution in [0.4, 0.5) is 0 Å². The van der Waals surface area contributed by atoms with Crippen molar-refractivity contribution in [2.75, 3.05) is 6.61 Å². The van der Waals surface area contributed by atoms with E-state index < -0.39 is 0 Å². The Bertz CT molecular complexity index is 1160. The van der Waals surface area contributed by atoms with Crippen LogP contribution in [-0.4, -0.2) is 22.3 Å². The lowest BCUT2D eigenvalue weighted by Crippen LogP contribution is -2.28. The largest absolute Gasteiger partial charge is 0.491 e. The molecule has 1 amide bonds. The van der Waals surface area contributed by atoms with E-state index in [4.69, 9.17) is 4.74 Å². The lowest BCUT2D eigenvalue weighted by Gasteiger charge is -2.10. The zero-order valence-corrected chi connectivity index (χ0v) is 16.2. The van der Waals surface area contributed by atoms with Gasteiger partial charge in [0.2, 0.25) is 0 Å². The molecule has 0 fully saturated rings. The maximum atomic E-state index is 12.9. The number of amides is 1. The van der Waals surface area contributed by atoms with Crippen LogP contribution in [0.15, 0.2) is 60.7 Å². The van der Waals surface area contributed by atoms with E-state index in [1.165, 1.54) is 16.9 Å². The van der Waals surface area contributed by atoms with Crippen LogP contribution in [-0.2, 0) is 6.54 Å². The monoisotopic (exact) mass is 389 g/mol. The summed E-state index contributed by atoms with van der Waals surface area (Å²) in [5.41, 5.74) is 3.16. The first-order chi connectivity index (χ1) is 13.7. The average molecular weight is 389 g/mol. The molecule has 0 saturated carbocycles. The third kappa shape index (κ3) is 2.96.